The lowest BCUT2D eigenvalue weighted by atomic mass is 10.1. The van der Waals surface area contributed by atoms with Crippen molar-refractivity contribution in [3.05, 3.63) is 65.9 Å². The average molecular weight is 364 g/mol. The van der Waals surface area contributed by atoms with Crippen molar-refractivity contribution in [2.45, 2.75) is 6.92 Å². The number of nitrogens with zero attached hydrogens (tertiary/aromatic N) is 3. The Kier molecular flexibility index (Phi) is 4.37. The van der Waals surface area contributed by atoms with Crippen LogP contribution in [-0.2, 0) is 0 Å². The molecular weight excluding hydrogens is 348 g/mol. The molecule has 1 aromatic carbocycles. The Morgan fingerprint density at radius 1 is 1.27 bits per heavy atom. The van der Waals surface area contributed by atoms with Crippen LogP contribution in [0.3, 0.4) is 0 Å². The number of nitrogens with one attached hydrogen (secondary N) is 1. The van der Waals surface area contributed by atoms with Crippen LogP contribution in [0.4, 0.5) is 5.69 Å². The quantitative estimate of drug-likeness (QED) is 0.579. The van der Waals surface area contributed by atoms with Gasteiger partial charge in [0.25, 0.3) is 5.91 Å². The first kappa shape index (κ1) is 16.3. The predicted octanol–water partition coefficient (Wildman–Crippen LogP) is 4.11. The van der Waals surface area contributed by atoms with Gasteiger partial charge >= 0.3 is 0 Å². The number of hydrogen-bond donors (Lipinski definition) is 1. The fourth-order valence-electron chi connectivity index (χ4n) is 2.62. The molecule has 0 unspecified atom stereocenters. The molecule has 1 N–H and O–H groups in total. The van der Waals surface area contributed by atoms with Crippen LogP contribution in [0, 0.1) is 0 Å². The second kappa shape index (κ2) is 6.97. The molecular formula is C19H16N4O2S. The fraction of sp³-hybridized carbons (Fsp3) is 0.105. The number of anilines is 1. The molecule has 0 saturated heterocycles. The number of rotatable bonds is 5. The van der Waals surface area contributed by atoms with Crippen LogP contribution in [0.2, 0.25) is 0 Å². The fourth-order valence-corrected chi connectivity index (χ4v) is 3.32. The topological polar surface area (TPSA) is 68.5 Å². The smallest absolute Gasteiger partial charge is 0.257 e. The monoisotopic (exact) mass is 364 g/mol. The van der Waals surface area contributed by atoms with Crippen LogP contribution in [0.1, 0.15) is 17.3 Å². The molecule has 0 aliphatic rings. The summed E-state index contributed by atoms with van der Waals surface area (Å²) in [5.74, 6) is 0.275. The summed E-state index contributed by atoms with van der Waals surface area (Å²) in [5, 5.41) is 4.93. The average Bonchev–Trinajstić information content (AvgIpc) is 3.25. The third-order valence-corrected chi connectivity index (χ3v) is 4.61. The summed E-state index contributed by atoms with van der Waals surface area (Å²) in [6.07, 6.45) is 5.42. The van der Waals surface area contributed by atoms with Gasteiger partial charge in [0.15, 0.2) is 4.96 Å². The van der Waals surface area contributed by atoms with Gasteiger partial charge in [0.2, 0.25) is 5.88 Å². The molecule has 26 heavy (non-hydrogen) atoms. The summed E-state index contributed by atoms with van der Waals surface area (Å²) in [6.45, 7) is 2.42. The number of aromatic nitrogens is 3. The highest BCUT2D eigenvalue weighted by atomic mass is 32.1. The highest BCUT2D eigenvalue weighted by molar-refractivity contribution is 7.15. The second-order valence-electron chi connectivity index (χ2n) is 5.54. The summed E-state index contributed by atoms with van der Waals surface area (Å²) in [6, 6.07) is 11.0. The lowest BCUT2D eigenvalue weighted by Gasteiger charge is -2.10. The molecule has 130 valence electrons. The zero-order chi connectivity index (χ0) is 17.9. The third-order valence-electron chi connectivity index (χ3n) is 3.84. The van der Waals surface area contributed by atoms with Crippen molar-refractivity contribution in [1.29, 1.82) is 0 Å². The van der Waals surface area contributed by atoms with Gasteiger partial charge in [0.1, 0.15) is 0 Å². The van der Waals surface area contributed by atoms with Gasteiger partial charge in [-0.1, -0.05) is 18.2 Å². The number of fused-ring (bicyclic) bond motifs is 1. The first-order chi connectivity index (χ1) is 12.7. The standard InChI is InChI=1S/C19H16N4O2S/c1-2-25-17-8-7-13(11-20-17)18(24)21-15-6-4-3-5-14(15)16-12-23-9-10-26-19(23)22-16/h3-12H,2H2,1H3,(H,21,24). The van der Waals surface area contributed by atoms with Gasteiger partial charge < -0.3 is 10.1 Å². The molecule has 0 radical (unpaired) electrons. The van der Waals surface area contributed by atoms with Crippen LogP contribution in [0.25, 0.3) is 16.2 Å². The Morgan fingerprint density at radius 3 is 2.92 bits per heavy atom. The molecule has 0 aliphatic heterocycles. The number of carbonyl (C=O) groups excluding carboxylic acids is 1. The van der Waals surface area contributed by atoms with Gasteiger partial charge in [0.05, 0.1) is 23.6 Å². The summed E-state index contributed by atoms with van der Waals surface area (Å²) in [7, 11) is 0. The summed E-state index contributed by atoms with van der Waals surface area (Å²) < 4.78 is 7.27. The van der Waals surface area contributed by atoms with Crippen LogP contribution < -0.4 is 10.1 Å². The van der Waals surface area contributed by atoms with E-state index < -0.39 is 0 Å². The molecule has 4 rings (SSSR count). The van der Waals surface area contributed by atoms with Crippen molar-refractivity contribution in [2.75, 3.05) is 11.9 Å². The van der Waals surface area contributed by atoms with E-state index >= 15 is 0 Å². The normalized spacial score (nSPS) is 10.8. The minimum absolute atomic E-state index is 0.228. The molecule has 7 heteroatoms. The molecule has 0 atom stereocenters. The van der Waals surface area contributed by atoms with Crippen molar-refractivity contribution >= 4 is 27.9 Å². The van der Waals surface area contributed by atoms with E-state index in [2.05, 4.69) is 15.3 Å². The van der Waals surface area contributed by atoms with Gasteiger partial charge in [0, 0.05) is 35.6 Å². The molecule has 4 aromatic rings. The zero-order valence-corrected chi connectivity index (χ0v) is 14.9. The van der Waals surface area contributed by atoms with E-state index in [9.17, 15) is 4.79 Å². The number of carbonyl (C=O) groups is 1. The number of benzene rings is 1. The van der Waals surface area contributed by atoms with E-state index in [1.54, 1.807) is 23.5 Å². The van der Waals surface area contributed by atoms with Gasteiger partial charge in [-0.15, -0.1) is 11.3 Å². The molecule has 0 saturated carbocycles. The summed E-state index contributed by atoms with van der Waals surface area (Å²) in [5.41, 5.74) is 2.86. The number of thiazole rings is 1. The number of para-hydroxylation sites is 1. The highest BCUT2D eigenvalue weighted by Crippen LogP contribution is 2.28. The Labute approximate surface area is 154 Å². The van der Waals surface area contributed by atoms with Crippen LogP contribution in [-0.4, -0.2) is 26.9 Å². The molecule has 0 bridgehead atoms. The SMILES string of the molecule is CCOc1ccc(C(=O)Nc2ccccc2-c2cn3ccsc3n2)cn1. The van der Waals surface area contributed by atoms with Crippen LogP contribution in [0.5, 0.6) is 5.88 Å². The second-order valence-corrected chi connectivity index (χ2v) is 6.41. The van der Waals surface area contributed by atoms with Crippen LogP contribution >= 0.6 is 11.3 Å². The van der Waals surface area contributed by atoms with Gasteiger partial charge in [-0.05, 0) is 19.1 Å². The van der Waals surface area contributed by atoms with Gasteiger partial charge in [-0.3, -0.25) is 9.20 Å². The van der Waals surface area contributed by atoms with Crippen molar-refractivity contribution in [2.24, 2.45) is 0 Å². The molecule has 0 spiro atoms. The van der Waals surface area contributed by atoms with Crippen molar-refractivity contribution in [3.8, 4) is 17.1 Å². The Bertz CT molecular complexity index is 1020. The Morgan fingerprint density at radius 2 is 2.15 bits per heavy atom. The van der Waals surface area contributed by atoms with E-state index in [0.29, 0.717) is 23.7 Å². The highest BCUT2D eigenvalue weighted by Gasteiger charge is 2.13. The van der Waals surface area contributed by atoms with Gasteiger partial charge in [-0.2, -0.15) is 0 Å². The van der Waals surface area contributed by atoms with Crippen molar-refractivity contribution in [1.82, 2.24) is 14.4 Å². The zero-order valence-electron chi connectivity index (χ0n) is 14.0. The van der Waals surface area contributed by atoms with Crippen molar-refractivity contribution in [3.63, 3.8) is 0 Å². The minimum Gasteiger partial charge on any atom is -0.478 e. The number of ether oxygens (including phenoxy) is 1. The van der Waals surface area contributed by atoms with E-state index in [1.807, 2.05) is 53.4 Å². The van der Waals surface area contributed by atoms with Crippen LogP contribution in [0.15, 0.2) is 60.4 Å². The Hall–Kier alpha value is -3.19. The lowest BCUT2D eigenvalue weighted by Crippen LogP contribution is -2.13. The van der Waals surface area contributed by atoms with Gasteiger partial charge in [-0.25, -0.2) is 9.97 Å². The van der Waals surface area contributed by atoms with E-state index in [1.165, 1.54) is 6.20 Å². The Balaban J connectivity index is 1.60. The first-order valence-electron chi connectivity index (χ1n) is 8.16. The third kappa shape index (κ3) is 3.16. The van der Waals surface area contributed by atoms with E-state index in [0.717, 1.165) is 16.2 Å². The van der Waals surface area contributed by atoms with E-state index in [4.69, 9.17) is 4.74 Å². The number of amides is 1. The largest absolute Gasteiger partial charge is 0.478 e. The molecule has 1 amide bonds. The lowest BCUT2D eigenvalue weighted by molar-refractivity contribution is 0.102. The molecule has 0 aliphatic carbocycles. The predicted molar refractivity (Wildman–Crippen MR) is 102 cm³/mol. The molecule has 6 nitrogen and oxygen atoms in total. The minimum atomic E-state index is -0.228. The summed E-state index contributed by atoms with van der Waals surface area (Å²) >= 11 is 1.57. The maximum atomic E-state index is 12.6. The number of pyridine rings is 1. The van der Waals surface area contributed by atoms with Crippen molar-refractivity contribution < 1.29 is 9.53 Å². The molecule has 3 heterocycles. The first-order valence-corrected chi connectivity index (χ1v) is 9.04. The summed E-state index contributed by atoms with van der Waals surface area (Å²) in [4.78, 5) is 22.2. The number of imidazole rings is 1. The molecule has 0 fully saturated rings. The van der Waals surface area contributed by atoms with E-state index in [-0.39, 0.29) is 5.91 Å². The maximum absolute atomic E-state index is 12.6. The molecule has 3 aromatic heterocycles. The maximum Gasteiger partial charge on any atom is 0.257 e. The number of hydrogen-bond acceptors (Lipinski definition) is 5.